The molecule has 0 heterocycles. The normalized spacial score (nSPS) is 11.1. The van der Waals surface area contributed by atoms with Gasteiger partial charge in [-0.05, 0) is 0 Å². The van der Waals surface area contributed by atoms with E-state index in [-0.39, 0.29) is 97.3 Å². The van der Waals surface area contributed by atoms with E-state index in [1.807, 2.05) is 0 Å². The molecule has 3 N–H and O–H groups in total. The average Bonchev–Trinajstić information content (AvgIpc) is 2.36. The van der Waals surface area contributed by atoms with E-state index in [1.165, 1.54) is 24.3 Å². The van der Waals surface area contributed by atoms with Crippen LogP contribution in [-0.4, -0.2) is 60.6 Å². The van der Waals surface area contributed by atoms with Gasteiger partial charge in [0.2, 0.25) is 0 Å². The Kier molecular flexibility index (Phi) is 10.7. The fourth-order valence-corrected chi connectivity index (χ4v) is 9.37. The summed E-state index contributed by atoms with van der Waals surface area (Å²) < 4.78 is 61.2. The summed E-state index contributed by atoms with van der Waals surface area (Å²) in [6.07, 6.45) is 0. The summed E-state index contributed by atoms with van der Waals surface area (Å²) in [6.45, 7) is 0. The van der Waals surface area contributed by atoms with Crippen LogP contribution in [0.15, 0.2) is 52.3 Å². The van der Waals surface area contributed by atoms with Crippen LogP contribution in [0, 0.1) is 0 Å². The van der Waals surface area contributed by atoms with Crippen LogP contribution >= 0.6 is 0 Å². The molecule has 0 atom stereocenters. The van der Waals surface area contributed by atoms with E-state index in [0.29, 0.717) is 3.07 Å². The fourth-order valence-electron chi connectivity index (χ4n) is 1.57. The summed E-state index contributed by atoms with van der Waals surface area (Å²) in [5.41, 5.74) is 0. The molecule has 0 bridgehead atoms. The Morgan fingerprint density at radius 2 is 1.21 bits per heavy atom. The van der Waals surface area contributed by atoms with Crippen LogP contribution in [0.4, 0.5) is 0 Å². The molecule has 0 fully saturated rings. The summed E-state index contributed by atoms with van der Waals surface area (Å²) >= 11 is 0.255. The van der Waals surface area contributed by atoms with Crippen molar-refractivity contribution in [3.8, 4) is 5.75 Å². The SMILES string of the molecule is O=S(=O)(O)c1ccc(O)c[c]1[Hg].O=S(=O)(O)c1cccc[c]1[Hg].[NaH]. The van der Waals surface area contributed by atoms with E-state index in [4.69, 9.17) is 14.2 Å². The minimum atomic E-state index is -4.11. The molecule has 0 radical (unpaired) electrons. The van der Waals surface area contributed by atoms with Gasteiger partial charge in [-0.3, -0.25) is 0 Å². The predicted molar refractivity (Wildman–Crippen MR) is 80.6 cm³/mol. The van der Waals surface area contributed by atoms with Gasteiger partial charge in [-0.2, -0.15) is 0 Å². The first kappa shape index (κ1) is 24.9. The summed E-state index contributed by atoms with van der Waals surface area (Å²) in [5, 5.41) is 8.96. The van der Waals surface area contributed by atoms with E-state index in [0.717, 1.165) is 3.07 Å². The molecule has 12 heteroatoms. The van der Waals surface area contributed by atoms with Crippen molar-refractivity contribution >= 4 is 55.9 Å². The minimum absolute atomic E-state index is 0. The third-order valence-corrected chi connectivity index (χ3v) is 11.1. The fraction of sp³-hybridized carbons (Fsp3) is 0. The molecule has 24 heavy (non-hydrogen) atoms. The molecule has 0 amide bonds. The van der Waals surface area contributed by atoms with Crippen LogP contribution < -0.4 is 6.14 Å². The first-order chi connectivity index (χ1) is 10.4. The van der Waals surface area contributed by atoms with Crippen molar-refractivity contribution < 1.29 is 83.3 Å². The van der Waals surface area contributed by atoms with Crippen molar-refractivity contribution in [1.82, 2.24) is 0 Å². The Bertz CT molecular complexity index is 915. The van der Waals surface area contributed by atoms with E-state index < -0.39 is 20.2 Å². The van der Waals surface area contributed by atoms with E-state index >= 15 is 0 Å². The zero-order chi connectivity index (χ0) is 17.8. The van der Waals surface area contributed by atoms with Gasteiger partial charge in [-0.25, -0.2) is 0 Å². The molecule has 0 spiro atoms. The van der Waals surface area contributed by atoms with Gasteiger partial charge in [-0.15, -0.1) is 0 Å². The summed E-state index contributed by atoms with van der Waals surface area (Å²) in [5.74, 6) is 0.0207. The van der Waals surface area contributed by atoms with E-state index in [1.54, 1.807) is 18.2 Å². The molecule has 0 unspecified atom stereocenters. The number of phenols is 1. The van der Waals surface area contributed by atoms with Gasteiger partial charge < -0.3 is 0 Å². The van der Waals surface area contributed by atoms with Crippen molar-refractivity contribution in [3.63, 3.8) is 0 Å². The first-order valence-electron chi connectivity index (χ1n) is 5.94. The van der Waals surface area contributed by atoms with Gasteiger partial charge >= 0.3 is 197 Å². The molecule has 0 saturated carbocycles. The molecule has 7 nitrogen and oxygen atoms in total. The number of aromatic hydroxyl groups is 1. The quantitative estimate of drug-likeness (QED) is 0.273. The molecular weight excluding hydrogens is 744 g/mol. The van der Waals surface area contributed by atoms with Crippen LogP contribution in [0.2, 0.25) is 0 Å². The van der Waals surface area contributed by atoms with Gasteiger partial charge in [0.25, 0.3) is 0 Å². The second-order valence-electron chi connectivity index (χ2n) is 4.35. The third kappa shape index (κ3) is 8.09. The standard InChI is InChI=1S/C6H5O4S.C6H5O3S.2Hg.Na.H/c7-5-1-3-6(4-2-5)11(8,9)10;7-10(8,9)6-4-2-1-3-5-6;;;;/h1-3,7H,(H,8,9,10);1-4H,(H,7,8,9);;;;. The number of benzene rings is 2. The third-order valence-electron chi connectivity index (χ3n) is 2.57. The zero-order valence-electron chi connectivity index (χ0n) is 11.7. The maximum atomic E-state index is 10.7. The molecule has 118 valence electrons. The predicted octanol–water partition coefficient (Wildman–Crippen LogP) is -0.732. The van der Waals surface area contributed by atoms with Crippen LogP contribution in [0.5, 0.6) is 5.75 Å². The Morgan fingerprint density at radius 3 is 1.58 bits per heavy atom. The van der Waals surface area contributed by atoms with Crippen LogP contribution in [0.3, 0.4) is 0 Å². The molecular formula is C12H11Hg2NaO7S2. The molecule has 0 aliphatic heterocycles. The summed E-state index contributed by atoms with van der Waals surface area (Å²) in [7, 11) is -8.10. The van der Waals surface area contributed by atoms with Crippen molar-refractivity contribution in [2.45, 2.75) is 9.79 Å². The van der Waals surface area contributed by atoms with Gasteiger partial charge in [-0.1, -0.05) is 0 Å². The Balaban J connectivity index is 0.000000425. The average molecular weight is 756 g/mol. The van der Waals surface area contributed by atoms with E-state index in [2.05, 4.69) is 0 Å². The first-order valence-corrected chi connectivity index (χ1v) is 14.3. The molecule has 0 aliphatic carbocycles. The van der Waals surface area contributed by atoms with Gasteiger partial charge in [0.15, 0.2) is 0 Å². The summed E-state index contributed by atoms with van der Waals surface area (Å²) in [4.78, 5) is -0.0352. The number of phenolic OH excluding ortho intramolecular Hbond substituents is 1. The second-order valence-corrected chi connectivity index (χ2v) is 13.1. The number of hydrogen-bond donors (Lipinski definition) is 3. The van der Waals surface area contributed by atoms with Crippen molar-refractivity contribution in [2.24, 2.45) is 0 Å². The topological polar surface area (TPSA) is 129 Å². The Labute approximate surface area is 194 Å². The number of hydrogen-bond acceptors (Lipinski definition) is 5. The summed E-state index contributed by atoms with van der Waals surface area (Å²) in [6, 6.07) is 10.3. The number of rotatable bonds is 2. The second kappa shape index (κ2) is 10.3. The molecule has 2 aromatic carbocycles. The zero-order valence-corrected chi connectivity index (χ0v) is 24.4. The Morgan fingerprint density at radius 1 is 0.750 bits per heavy atom. The molecule has 2 aromatic rings. The molecule has 0 aliphatic rings. The van der Waals surface area contributed by atoms with Crippen LogP contribution in [0.1, 0.15) is 0 Å². The van der Waals surface area contributed by atoms with Crippen LogP contribution in [-0.2, 0) is 72.5 Å². The Hall–Kier alpha value is 0.930. The van der Waals surface area contributed by atoms with Crippen LogP contribution in [0.25, 0.3) is 0 Å². The van der Waals surface area contributed by atoms with Gasteiger partial charge in [0.05, 0.1) is 0 Å². The van der Waals surface area contributed by atoms with Gasteiger partial charge in [0, 0.05) is 0 Å². The molecule has 0 aromatic heterocycles. The van der Waals surface area contributed by atoms with Crippen molar-refractivity contribution in [1.29, 1.82) is 0 Å². The molecule has 2 rings (SSSR count). The monoisotopic (exact) mass is 758 g/mol. The van der Waals surface area contributed by atoms with E-state index in [9.17, 15) is 16.8 Å². The maximum absolute atomic E-state index is 10.7. The van der Waals surface area contributed by atoms with Gasteiger partial charge in [0.1, 0.15) is 0 Å². The van der Waals surface area contributed by atoms with Crippen molar-refractivity contribution in [3.05, 3.63) is 42.5 Å². The molecule has 0 saturated heterocycles. The van der Waals surface area contributed by atoms with Crippen molar-refractivity contribution in [2.75, 3.05) is 0 Å².